The summed E-state index contributed by atoms with van der Waals surface area (Å²) in [6.07, 6.45) is 1.93. The lowest BCUT2D eigenvalue weighted by Crippen LogP contribution is -2.44. The number of methoxy groups -OCH3 is 1. The van der Waals surface area contributed by atoms with Crippen molar-refractivity contribution in [2.75, 3.05) is 18.6 Å². The lowest BCUT2D eigenvalue weighted by molar-refractivity contribution is 0.0695. The number of rotatable bonds is 4. The molecule has 1 aromatic rings. The molecule has 0 radical (unpaired) electrons. The van der Waals surface area contributed by atoms with E-state index in [1.165, 1.54) is 0 Å². The summed E-state index contributed by atoms with van der Waals surface area (Å²) in [5.74, 6) is -0.842. The Kier molecular flexibility index (Phi) is 4.10. The van der Waals surface area contributed by atoms with Crippen molar-refractivity contribution in [2.24, 2.45) is 0 Å². The van der Waals surface area contributed by atoms with E-state index in [1.54, 1.807) is 13.2 Å². The largest absolute Gasteiger partial charge is 0.478 e. The number of carboxylic acids is 1. The Morgan fingerprint density at radius 3 is 2.79 bits per heavy atom. The van der Waals surface area contributed by atoms with E-state index in [0.29, 0.717) is 5.56 Å². The number of carboxylic acid groups (broad SMARTS) is 1. The Balaban J connectivity index is 2.40. The molecule has 0 aliphatic carbocycles. The predicted octanol–water partition coefficient (Wildman–Crippen LogP) is 2.56. The van der Waals surface area contributed by atoms with Gasteiger partial charge in [0.05, 0.1) is 17.7 Å². The van der Waals surface area contributed by atoms with Crippen molar-refractivity contribution in [1.29, 1.82) is 0 Å². The van der Waals surface area contributed by atoms with Gasteiger partial charge in [-0.25, -0.2) is 4.79 Å². The monoisotopic (exact) mass is 263 g/mol. The number of ether oxygens (including phenoxy) is 1. The molecule has 104 valence electrons. The van der Waals surface area contributed by atoms with Gasteiger partial charge in [-0.05, 0) is 44.4 Å². The molecule has 1 N–H and O–H groups in total. The summed E-state index contributed by atoms with van der Waals surface area (Å²) in [4.78, 5) is 13.6. The van der Waals surface area contributed by atoms with Gasteiger partial charge < -0.3 is 14.7 Å². The van der Waals surface area contributed by atoms with Crippen LogP contribution >= 0.6 is 0 Å². The normalized spacial score (nSPS) is 17.7. The third-order valence-electron chi connectivity index (χ3n) is 4.06. The first kappa shape index (κ1) is 13.9. The number of carbonyl (C=O) groups is 1. The van der Waals surface area contributed by atoms with Crippen molar-refractivity contribution in [3.8, 4) is 0 Å². The van der Waals surface area contributed by atoms with Crippen molar-refractivity contribution in [1.82, 2.24) is 0 Å². The summed E-state index contributed by atoms with van der Waals surface area (Å²) in [6.45, 7) is 5.11. The van der Waals surface area contributed by atoms with Gasteiger partial charge in [-0.15, -0.1) is 0 Å². The average Bonchev–Trinajstić information content (AvgIpc) is 2.44. The maximum absolute atomic E-state index is 11.3. The fraction of sp³-hybridized carbons (Fsp3) is 0.533. The minimum absolute atomic E-state index is 0.111. The molecule has 0 amide bonds. The molecule has 4 nitrogen and oxygen atoms in total. The fourth-order valence-corrected chi connectivity index (χ4v) is 2.73. The Morgan fingerprint density at radius 1 is 1.42 bits per heavy atom. The van der Waals surface area contributed by atoms with Crippen LogP contribution < -0.4 is 4.90 Å². The van der Waals surface area contributed by atoms with E-state index >= 15 is 0 Å². The SMILES string of the molecule is COC(C)C(C)N1CCCc2c(C(=O)O)cccc21. The summed E-state index contributed by atoms with van der Waals surface area (Å²) in [5, 5.41) is 9.28. The lowest BCUT2D eigenvalue weighted by Gasteiger charge is -2.39. The molecule has 0 spiro atoms. The van der Waals surface area contributed by atoms with Gasteiger partial charge in [0.15, 0.2) is 0 Å². The van der Waals surface area contributed by atoms with Crippen LogP contribution in [0.5, 0.6) is 0 Å². The second kappa shape index (κ2) is 5.61. The third-order valence-corrected chi connectivity index (χ3v) is 4.06. The van der Waals surface area contributed by atoms with E-state index in [9.17, 15) is 9.90 Å². The first-order chi connectivity index (χ1) is 9.06. The van der Waals surface area contributed by atoms with E-state index < -0.39 is 5.97 Å². The standard InChI is InChI=1S/C15H21NO3/c1-10(11(2)19-3)16-9-5-7-12-13(15(17)18)6-4-8-14(12)16/h4,6,8,10-11H,5,7,9H2,1-3H3,(H,17,18). The molecule has 1 aromatic carbocycles. The predicted molar refractivity (Wildman–Crippen MR) is 75.0 cm³/mol. The average molecular weight is 263 g/mol. The molecule has 4 heteroatoms. The van der Waals surface area contributed by atoms with Gasteiger partial charge in [0, 0.05) is 19.3 Å². The van der Waals surface area contributed by atoms with Crippen LogP contribution in [0.15, 0.2) is 18.2 Å². The number of fused-ring (bicyclic) bond motifs is 1. The van der Waals surface area contributed by atoms with Crippen molar-refractivity contribution in [3.63, 3.8) is 0 Å². The van der Waals surface area contributed by atoms with Gasteiger partial charge in [0.1, 0.15) is 0 Å². The summed E-state index contributed by atoms with van der Waals surface area (Å²) < 4.78 is 5.40. The highest BCUT2D eigenvalue weighted by Crippen LogP contribution is 2.32. The van der Waals surface area contributed by atoms with Crippen LogP contribution in [0.4, 0.5) is 5.69 Å². The molecule has 2 rings (SSSR count). The van der Waals surface area contributed by atoms with Crippen LogP contribution in [0, 0.1) is 0 Å². The molecule has 2 unspecified atom stereocenters. The molecule has 0 fully saturated rings. The molecular weight excluding hydrogens is 242 g/mol. The number of hydrogen-bond donors (Lipinski definition) is 1. The van der Waals surface area contributed by atoms with Gasteiger partial charge in [-0.3, -0.25) is 0 Å². The van der Waals surface area contributed by atoms with Crippen LogP contribution in [-0.2, 0) is 11.2 Å². The highest BCUT2D eigenvalue weighted by Gasteiger charge is 2.27. The minimum Gasteiger partial charge on any atom is -0.478 e. The molecule has 1 heterocycles. The van der Waals surface area contributed by atoms with E-state index in [-0.39, 0.29) is 12.1 Å². The van der Waals surface area contributed by atoms with Gasteiger partial charge in [-0.1, -0.05) is 6.07 Å². The molecule has 0 bridgehead atoms. The Labute approximate surface area is 114 Å². The van der Waals surface area contributed by atoms with E-state index in [0.717, 1.165) is 30.6 Å². The van der Waals surface area contributed by atoms with Crippen LogP contribution in [-0.4, -0.2) is 36.9 Å². The summed E-state index contributed by atoms with van der Waals surface area (Å²) >= 11 is 0. The van der Waals surface area contributed by atoms with Crippen LogP contribution in [0.2, 0.25) is 0 Å². The molecule has 19 heavy (non-hydrogen) atoms. The zero-order valence-electron chi connectivity index (χ0n) is 11.7. The first-order valence-corrected chi connectivity index (χ1v) is 6.71. The van der Waals surface area contributed by atoms with Crippen molar-refractivity contribution in [2.45, 2.75) is 38.8 Å². The third kappa shape index (κ3) is 2.59. The second-order valence-electron chi connectivity index (χ2n) is 5.09. The van der Waals surface area contributed by atoms with E-state index in [4.69, 9.17) is 4.74 Å². The van der Waals surface area contributed by atoms with Crippen LogP contribution in [0.1, 0.15) is 36.2 Å². The van der Waals surface area contributed by atoms with Gasteiger partial charge in [0.2, 0.25) is 0 Å². The van der Waals surface area contributed by atoms with Gasteiger partial charge >= 0.3 is 5.97 Å². The number of anilines is 1. The highest BCUT2D eigenvalue weighted by atomic mass is 16.5. The summed E-state index contributed by atoms with van der Waals surface area (Å²) in [7, 11) is 1.71. The Hall–Kier alpha value is -1.55. The topological polar surface area (TPSA) is 49.8 Å². The molecule has 2 atom stereocenters. The highest BCUT2D eigenvalue weighted by molar-refractivity contribution is 5.91. The van der Waals surface area contributed by atoms with Gasteiger partial charge in [0.25, 0.3) is 0 Å². The maximum atomic E-state index is 11.3. The molecule has 0 aromatic heterocycles. The number of aromatic carboxylic acids is 1. The molecule has 1 aliphatic rings. The molecule has 0 saturated heterocycles. The summed E-state index contributed by atoms with van der Waals surface area (Å²) in [5.41, 5.74) is 2.43. The first-order valence-electron chi connectivity index (χ1n) is 6.71. The zero-order valence-corrected chi connectivity index (χ0v) is 11.7. The van der Waals surface area contributed by atoms with E-state index in [1.807, 2.05) is 19.1 Å². The Bertz CT molecular complexity index is 472. The minimum atomic E-state index is -0.842. The fourth-order valence-electron chi connectivity index (χ4n) is 2.73. The quantitative estimate of drug-likeness (QED) is 0.907. The van der Waals surface area contributed by atoms with Crippen molar-refractivity contribution in [3.05, 3.63) is 29.3 Å². The van der Waals surface area contributed by atoms with Crippen LogP contribution in [0.25, 0.3) is 0 Å². The van der Waals surface area contributed by atoms with E-state index in [2.05, 4.69) is 11.8 Å². The molecule has 1 aliphatic heterocycles. The smallest absolute Gasteiger partial charge is 0.336 e. The maximum Gasteiger partial charge on any atom is 0.336 e. The second-order valence-corrected chi connectivity index (χ2v) is 5.09. The summed E-state index contributed by atoms with van der Waals surface area (Å²) in [6, 6.07) is 5.76. The van der Waals surface area contributed by atoms with Gasteiger partial charge in [-0.2, -0.15) is 0 Å². The van der Waals surface area contributed by atoms with Crippen molar-refractivity contribution >= 4 is 11.7 Å². The Morgan fingerprint density at radius 2 is 2.16 bits per heavy atom. The number of benzene rings is 1. The molecule has 0 saturated carbocycles. The number of nitrogens with zero attached hydrogens (tertiary/aromatic N) is 1. The lowest BCUT2D eigenvalue weighted by atomic mass is 9.94. The van der Waals surface area contributed by atoms with Crippen molar-refractivity contribution < 1.29 is 14.6 Å². The van der Waals surface area contributed by atoms with Crippen LogP contribution in [0.3, 0.4) is 0 Å². The molecular formula is C15H21NO3. The zero-order chi connectivity index (χ0) is 14.0. The number of hydrogen-bond acceptors (Lipinski definition) is 3.